The minimum atomic E-state index is -0.315. The second kappa shape index (κ2) is 23.5. The summed E-state index contributed by atoms with van der Waals surface area (Å²) in [5.41, 5.74) is 0. The number of carbonyl (C=O) groups excluding carboxylic acids is 3. The summed E-state index contributed by atoms with van der Waals surface area (Å²) in [6, 6.07) is 0. The van der Waals surface area contributed by atoms with Crippen LogP contribution in [0.4, 0.5) is 0 Å². The molecule has 0 heterocycles. The Morgan fingerprint density at radius 2 is 1.14 bits per heavy atom. The predicted molar refractivity (Wildman–Crippen MR) is 106 cm³/mol. The van der Waals surface area contributed by atoms with Crippen molar-refractivity contribution in [3.8, 4) is 0 Å². The Morgan fingerprint density at radius 3 is 1.64 bits per heavy atom. The van der Waals surface area contributed by atoms with E-state index in [2.05, 4.69) is 10.6 Å². The Balaban J connectivity index is 0. The van der Waals surface area contributed by atoms with Crippen molar-refractivity contribution in [2.45, 2.75) is 40.5 Å². The van der Waals surface area contributed by atoms with E-state index in [1.54, 1.807) is 13.8 Å². The first-order valence-electron chi connectivity index (χ1n) is 9.96. The zero-order valence-electron chi connectivity index (χ0n) is 17.8. The maximum Gasteiger partial charge on any atom is 0.246 e. The number of hydrogen-bond acceptors (Lipinski definition) is 7. The average Bonchev–Trinajstić information content (AvgIpc) is 2.73. The topological polar surface area (TPSA) is 112 Å². The number of rotatable bonds is 18. The second-order valence-corrected chi connectivity index (χ2v) is 5.26. The molecule has 2 N–H and O–H groups in total. The van der Waals surface area contributed by atoms with Gasteiger partial charge >= 0.3 is 0 Å². The van der Waals surface area contributed by atoms with E-state index in [9.17, 15) is 14.4 Å². The fourth-order valence-corrected chi connectivity index (χ4v) is 1.59. The highest BCUT2D eigenvalue weighted by Gasteiger charge is 2.03. The van der Waals surface area contributed by atoms with Crippen molar-refractivity contribution in [2.24, 2.45) is 0 Å². The standard InChI is InChI=1S/C17H32N2O7.C2H6/c1-3-15(20)13-19-17(22)14-26-12-11-25-10-9-24-8-7-23-6-5-18-16(21)4-2;1-2/h3-14H2,1-2H3,(H,18,21)(H,19,22);1-2H3. The molecule has 0 fully saturated rings. The smallest absolute Gasteiger partial charge is 0.246 e. The first kappa shape index (κ1) is 28.7. The van der Waals surface area contributed by atoms with Crippen LogP contribution in [0.3, 0.4) is 0 Å². The Kier molecular flexibility index (Phi) is 24.0. The maximum atomic E-state index is 11.3. The summed E-state index contributed by atoms with van der Waals surface area (Å²) < 4.78 is 21.0. The molecule has 0 aromatic carbocycles. The van der Waals surface area contributed by atoms with E-state index in [0.29, 0.717) is 65.6 Å². The molecule has 0 saturated carbocycles. The molecule has 0 aliphatic heterocycles. The van der Waals surface area contributed by atoms with Crippen LogP contribution in [0.1, 0.15) is 40.5 Å². The van der Waals surface area contributed by atoms with Gasteiger partial charge in [0.2, 0.25) is 11.8 Å². The third-order valence-corrected chi connectivity index (χ3v) is 3.12. The number of ether oxygens (including phenoxy) is 4. The predicted octanol–water partition coefficient (Wildman–Crippen LogP) is 0.701. The van der Waals surface area contributed by atoms with Gasteiger partial charge in [-0.2, -0.15) is 0 Å². The van der Waals surface area contributed by atoms with Gasteiger partial charge in [-0.05, 0) is 0 Å². The lowest BCUT2D eigenvalue weighted by molar-refractivity contribution is -0.128. The van der Waals surface area contributed by atoms with E-state index >= 15 is 0 Å². The molecular formula is C19H38N2O7. The minimum Gasteiger partial charge on any atom is -0.377 e. The first-order valence-corrected chi connectivity index (χ1v) is 9.96. The van der Waals surface area contributed by atoms with Crippen LogP contribution in [0.5, 0.6) is 0 Å². The summed E-state index contributed by atoms with van der Waals surface area (Å²) in [5.74, 6) is -0.321. The van der Waals surface area contributed by atoms with E-state index in [1.165, 1.54) is 0 Å². The largest absolute Gasteiger partial charge is 0.377 e. The molecule has 166 valence electrons. The Bertz CT molecular complexity index is 392. The molecule has 0 bridgehead atoms. The molecule has 0 rings (SSSR count). The fourth-order valence-electron chi connectivity index (χ4n) is 1.59. The first-order chi connectivity index (χ1) is 13.6. The summed E-state index contributed by atoms with van der Waals surface area (Å²) in [6.45, 7) is 10.9. The summed E-state index contributed by atoms with van der Waals surface area (Å²) in [5, 5.41) is 5.19. The van der Waals surface area contributed by atoms with Gasteiger partial charge in [-0.1, -0.05) is 27.7 Å². The monoisotopic (exact) mass is 406 g/mol. The van der Waals surface area contributed by atoms with Crippen molar-refractivity contribution < 1.29 is 33.3 Å². The molecule has 0 unspecified atom stereocenters. The molecule has 0 spiro atoms. The van der Waals surface area contributed by atoms with E-state index in [-0.39, 0.29) is 30.7 Å². The molecule has 0 saturated heterocycles. The number of hydrogen-bond donors (Lipinski definition) is 2. The van der Waals surface area contributed by atoms with E-state index in [1.807, 2.05) is 13.8 Å². The summed E-state index contributed by atoms with van der Waals surface area (Å²) >= 11 is 0. The van der Waals surface area contributed by atoms with Crippen LogP contribution >= 0.6 is 0 Å². The lowest BCUT2D eigenvalue weighted by atomic mass is 10.3. The quantitative estimate of drug-likeness (QED) is 0.322. The van der Waals surface area contributed by atoms with Crippen molar-refractivity contribution >= 4 is 17.6 Å². The third-order valence-electron chi connectivity index (χ3n) is 3.12. The molecular weight excluding hydrogens is 368 g/mol. The molecule has 9 nitrogen and oxygen atoms in total. The molecule has 0 aromatic rings. The van der Waals surface area contributed by atoms with Crippen LogP contribution in [0.25, 0.3) is 0 Å². The zero-order valence-corrected chi connectivity index (χ0v) is 17.8. The third kappa shape index (κ3) is 22.5. The molecule has 2 amide bonds. The number of carbonyl (C=O) groups is 3. The van der Waals surface area contributed by atoms with Crippen LogP contribution < -0.4 is 10.6 Å². The van der Waals surface area contributed by atoms with Gasteiger partial charge in [0, 0.05) is 19.4 Å². The number of nitrogens with one attached hydrogen (secondary N) is 2. The summed E-state index contributed by atoms with van der Waals surface area (Å²) in [4.78, 5) is 33.3. The van der Waals surface area contributed by atoms with Crippen LogP contribution in [0, 0.1) is 0 Å². The van der Waals surface area contributed by atoms with Crippen LogP contribution in [-0.2, 0) is 33.3 Å². The van der Waals surface area contributed by atoms with Crippen molar-refractivity contribution in [2.75, 3.05) is 65.9 Å². The Labute approximate surface area is 168 Å². The van der Waals surface area contributed by atoms with E-state index in [0.717, 1.165) is 0 Å². The Hall–Kier alpha value is -1.55. The summed E-state index contributed by atoms with van der Waals surface area (Å²) in [6.07, 6.45) is 0.877. The van der Waals surface area contributed by atoms with Gasteiger partial charge in [0.15, 0.2) is 5.78 Å². The SMILES string of the molecule is CC.CCC(=O)CNC(=O)COCCOCCOCCOCCNC(=O)CC. The van der Waals surface area contributed by atoms with Gasteiger partial charge in [0.25, 0.3) is 0 Å². The van der Waals surface area contributed by atoms with Crippen molar-refractivity contribution in [3.05, 3.63) is 0 Å². The fraction of sp³-hybridized carbons (Fsp3) is 0.842. The van der Waals surface area contributed by atoms with Gasteiger partial charge in [-0.25, -0.2) is 0 Å². The summed E-state index contributed by atoms with van der Waals surface area (Å²) in [7, 11) is 0. The van der Waals surface area contributed by atoms with Gasteiger partial charge in [0.1, 0.15) is 6.61 Å². The molecule has 28 heavy (non-hydrogen) atoms. The van der Waals surface area contributed by atoms with Crippen LogP contribution in [0.15, 0.2) is 0 Å². The van der Waals surface area contributed by atoms with Crippen molar-refractivity contribution in [1.82, 2.24) is 10.6 Å². The molecule has 9 heteroatoms. The van der Waals surface area contributed by atoms with E-state index < -0.39 is 0 Å². The lowest BCUT2D eigenvalue weighted by Gasteiger charge is -2.08. The van der Waals surface area contributed by atoms with Crippen LogP contribution in [-0.4, -0.2) is 83.5 Å². The molecule has 0 aliphatic rings. The van der Waals surface area contributed by atoms with E-state index in [4.69, 9.17) is 18.9 Å². The van der Waals surface area contributed by atoms with Crippen molar-refractivity contribution in [1.29, 1.82) is 0 Å². The number of ketones is 1. The van der Waals surface area contributed by atoms with Gasteiger partial charge < -0.3 is 29.6 Å². The number of amides is 2. The molecule has 0 radical (unpaired) electrons. The highest BCUT2D eigenvalue weighted by molar-refractivity contribution is 5.86. The average molecular weight is 407 g/mol. The second-order valence-electron chi connectivity index (χ2n) is 5.26. The maximum absolute atomic E-state index is 11.3. The highest BCUT2D eigenvalue weighted by Crippen LogP contribution is 1.84. The van der Waals surface area contributed by atoms with Gasteiger partial charge in [0.05, 0.1) is 52.8 Å². The van der Waals surface area contributed by atoms with Crippen molar-refractivity contribution in [3.63, 3.8) is 0 Å². The van der Waals surface area contributed by atoms with Gasteiger partial charge in [-0.15, -0.1) is 0 Å². The van der Waals surface area contributed by atoms with Crippen LogP contribution in [0.2, 0.25) is 0 Å². The van der Waals surface area contributed by atoms with Gasteiger partial charge in [-0.3, -0.25) is 14.4 Å². The molecule has 0 aliphatic carbocycles. The normalized spacial score (nSPS) is 10.0. The lowest BCUT2D eigenvalue weighted by Crippen LogP contribution is -2.32. The molecule has 0 aromatic heterocycles. The molecule has 0 atom stereocenters. The zero-order chi connectivity index (χ0) is 21.5. The minimum absolute atomic E-state index is 0.0122. The number of Topliss-reactive ketones (excluding diaryl/α,β-unsaturated/α-hetero) is 1. The Morgan fingerprint density at radius 1 is 0.643 bits per heavy atom. The highest BCUT2D eigenvalue weighted by atomic mass is 16.6.